The second-order valence-corrected chi connectivity index (χ2v) is 8.79. The lowest BCUT2D eigenvalue weighted by atomic mass is 10.2. The van der Waals surface area contributed by atoms with E-state index in [9.17, 15) is 14.7 Å². The monoisotopic (exact) mass is 398 g/mol. The zero-order valence-corrected chi connectivity index (χ0v) is 16.7. The van der Waals surface area contributed by atoms with Gasteiger partial charge in [-0.2, -0.15) is 0 Å². The van der Waals surface area contributed by atoms with Crippen LogP contribution in [0.3, 0.4) is 0 Å². The highest BCUT2D eigenvalue weighted by atomic mass is 32.2. The molecule has 26 heavy (non-hydrogen) atoms. The third-order valence-corrected chi connectivity index (χ3v) is 5.34. The molecule has 2 aromatic rings. The van der Waals surface area contributed by atoms with Crippen molar-refractivity contribution in [3.63, 3.8) is 0 Å². The molecule has 9 heteroatoms. The van der Waals surface area contributed by atoms with Gasteiger partial charge in [0.25, 0.3) is 0 Å². The molecule has 0 fully saturated rings. The maximum atomic E-state index is 11.7. The van der Waals surface area contributed by atoms with E-state index in [1.165, 1.54) is 30.2 Å². The Kier molecular flexibility index (Phi) is 6.85. The first-order valence-corrected chi connectivity index (χ1v) is 9.73. The molecule has 0 radical (unpaired) electrons. The number of benzene rings is 1. The van der Waals surface area contributed by atoms with Crippen LogP contribution in [0, 0.1) is 0 Å². The fraction of sp³-hybridized carbons (Fsp3) is 0.471. The Labute approximate surface area is 160 Å². The summed E-state index contributed by atoms with van der Waals surface area (Å²) < 4.78 is 11.4. The standard InChI is InChI=1S/C17H22N2O5S2/c1-17(2,3)24-15(22)18-8-10-5-6-11-13(7-10)26-16(19-11)25-9-12(20)14(21)23-4/h5-7,12,20H,8-9H2,1-4H3,(H,18,22). The van der Waals surface area contributed by atoms with Gasteiger partial charge in [-0.15, -0.1) is 11.3 Å². The predicted molar refractivity (Wildman–Crippen MR) is 101 cm³/mol. The Morgan fingerprint density at radius 2 is 2.12 bits per heavy atom. The van der Waals surface area contributed by atoms with Crippen molar-refractivity contribution in [1.29, 1.82) is 0 Å². The summed E-state index contributed by atoms with van der Waals surface area (Å²) in [5.74, 6) is -0.478. The van der Waals surface area contributed by atoms with Crippen LogP contribution >= 0.6 is 23.1 Å². The molecule has 0 saturated heterocycles. The summed E-state index contributed by atoms with van der Waals surface area (Å²) in [4.78, 5) is 27.4. The number of aliphatic hydroxyl groups excluding tert-OH is 1. The van der Waals surface area contributed by atoms with Crippen LogP contribution in [0.15, 0.2) is 22.5 Å². The lowest BCUT2D eigenvalue weighted by molar-refractivity contribution is -0.149. The van der Waals surface area contributed by atoms with Gasteiger partial charge in [0, 0.05) is 12.3 Å². The summed E-state index contributed by atoms with van der Waals surface area (Å²) >= 11 is 2.76. The smallest absolute Gasteiger partial charge is 0.407 e. The predicted octanol–water partition coefficient (Wildman–Crippen LogP) is 2.95. The highest BCUT2D eigenvalue weighted by Crippen LogP contribution is 2.30. The highest BCUT2D eigenvalue weighted by molar-refractivity contribution is 8.01. The summed E-state index contributed by atoms with van der Waals surface area (Å²) in [7, 11) is 1.24. The van der Waals surface area contributed by atoms with Gasteiger partial charge in [-0.3, -0.25) is 0 Å². The molecule has 2 rings (SSSR count). The van der Waals surface area contributed by atoms with Crippen molar-refractivity contribution in [2.45, 2.75) is 43.4 Å². The van der Waals surface area contributed by atoms with E-state index in [4.69, 9.17) is 4.74 Å². The zero-order valence-electron chi connectivity index (χ0n) is 15.1. The number of thioether (sulfide) groups is 1. The summed E-state index contributed by atoms with van der Waals surface area (Å²) in [6.45, 7) is 5.79. The third kappa shape index (κ3) is 6.15. The van der Waals surface area contributed by atoms with Gasteiger partial charge in [-0.1, -0.05) is 17.8 Å². The number of carbonyl (C=O) groups excluding carboxylic acids is 2. The molecular formula is C17H22N2O5S2. The van der Waals surface area contributed by atoms with E-state index in [2.05, 4.69) is 15.0 Å². The Bertz CT molecular complexity index is 785. The van der Waals surface area contributed by atoms with Crippen LogP contribution in [-0.4, -0.2) is 46.7 Å². The second kappa shape index (κ2) is 8.70. The Hall–Kier alpha value is -1.84. The van der Waals surface area contributed by atoms with E-state index in [0.29, 0.717) is 6.54 Å². The maximum Gasteiger partial charge on any atom is 0.407 e. The van der Waals surface area contributed by atoms with E-state index in [1.54, 1.807) is 0 Å². The van der Waals surface area contributed by atoms with Crippen molar-refractivity contribution < 1.29 is 24.2 Å². The molecule has 142 valence electrons. The van der Waals surface area contributed by atoms with E-state index in [0.717, 1.165) is 20.1 Å². The van der Waals surface area contributed by atoms with Crippen LogP contribution in [0.4, 0.5) is 4.79 Å². The van der Waals surface area contributed by atoms with Crippen LogP contribution in [0.2, 0.25) is 0 Å². The number of thiazole rings is 1. The maximum absolute atomic E-state index is 11.7. The molecule has 1 aromatic heterocycles. The van der Waals surface area contributed by atoms with Gasteiger partial charge in [0.1, 0.15) is 5.60 Å². The van der Waals surface area contributed by atoms with Gasteiger partial charge < -0.3 is 19.9 Å². The summed E-state index contributed by atoms with van der Waals surface area (Å²) in [6.07, 6.45) is -1.64. The van der Waals surface area contributed by atoms with Crippen molar-refractivity contribution in [1.82, 2.24) is 10.3 Å². The fourth-order valence-electron chi connectivity index (χ4n) is 1.96. The minimum atomic E-state index is -1.18. The normalized spacial score (nSPS) is 12.7. The lowest BCUT2D eigenvalue weighted by Gasteiger charge is -2.19. The number of aromatic nitrogens is 1. The zero-order chi connectivity index (χ0) is 19.3. The number of ether oxygens (including phenoxy) is 2. The average molecular weight is 399 g/mol. The number of esters is 1. The van der Waals surface area contributed by atoms with E-state index >= 15 is 0 Å². The number of hydrogen-bond acceptors (Lipinski definition) is 8. The third-order valence-electron chi connectivity index (χ3n) is 3.11. The molecule has 0 spiro atoms. The number of carbonyl (C=O) groups is 2. The molecule has 0 aliphatic heterocycles. The SMILES string of the molecule is COC(=O)C(O)CSc1nc2ccc(CNC(=O)OC(C)(C)C)cc2s1. The fourth-order valence-corrected chi connectivity index (χ4v) is 4.03. The molecule has 0 saturated carbocycles. The molecule has 0 aliphatic rings. The molecule has 0 aliphatic carbocycles. The largest absolute Gasteiger partial charge is 0.467 e. The second-order valence-electron chi connectivity index (χ2n) is 6.49. The van der Waals surface area contributed by atoms with Crippen LogP contribution < -0.4 is 5.32 Å². The molecule has 1 aromatic carbocycles. The van der Waals surface area contributed by atoms with Gasteiger partial charge in [0.2, 0.25) is 0 Å². The van der Waals surface area contributed by atoms with Gasteiger partial charge in [-0.05, 0) is 38.5 Å². The molecule has 2 N–H and O–H groups in total. The summed E-state index contributed by atoms with van der Waals surface area (Å²) in [5, 5.41) is 12.3. The molecule has 1 amide bonds. The number of hydrogen-bond donors (Lipinski definition) is 2. The van der Waals surface area contributed by atoms with E-state index < -0.39 is 23.8 Å². The number of amides is 1. The van der Waals surface area contributed by atoms with Gasteiger partial charge in [-0.25, -0.2) is 14.6 Å². The Morgan fingerprint density at radius 3 is 2.77 bits per heavy atom. The highest BCUT2D eigenvalue weighted by Gasteiger charge is 2.17. The topological polar surface area (TPSA) is 97.8 Å². The molecule has 1 atom stereocenters. The minimum Gasteiger partial charge on any atom is -0.467 e. The molecule has 7 nitrogen and oxygen atoms in total. The number of fused-ring (bicyclic) bond motifs is 1. The number of alkyl carbamates (subject to hydrolysis) is 1. The number of aliphatic hydroxyl groups is 1. The molecule has 0 bridgehead atoms. The van der Waals surface area contributed by atoms with Crippen molar-refractivity contribution >= 4 is 45.4 Å². The van der Waals surface area contributed by atoms with Crippen LogP contribution in [0.25, 0.3) is 10.2 Å². The van der Waals surface area contributed by atoms with E-state index in [1.807, 2.05) is 39.0 Å². The van der Waals surface area contributed by atoms with E-state index in [-0.39, 0.29) is 5.75 Å². The molecule has 1 heterocycles. The average Bonchev–Trinajstić information content (AvgIpc) is 2.97. The van der Waals surface area contributed by atoms with Crippen LogP contribution in [-0.2, 0) is 20.8 Å². The van der Waals surface area contributed by atoms with Crippen molar-refractivity contribution in [3.8, 4) is 0 Å². The summed E-state index contributed by atoms with van der Waals surface area (Å²) in [6, 6.07) is 5.71. The number of rotatable bonds is 6. The van der Waals surface area contributed by atoms with Gasteiger partial charge in [0.15, 0.2) is 10.4 Å². The van der Waals surface area contributed by atoms with Crippen LogP contribution in [0.5, 0.6) is 0 Å². The van der Waals surface area contributed by atoms with Gasteiger partial charge >= 0.3 is 12.1 Å². The molecule has 1 unspecified atom stereocenters. The number of methoxy groups -OCH3 is 1. The van der Waals surface area contributed by atoms with Crippen molar-refractivity contribution in [2.24, 2.45) is 0 Å². The van der Waals surface area contributed by atoms with Crippen molar-refractivity contribution in [2.75, 3.05) is 12.9 Å². The first kappa shape index (κ1) is 20.5. The Morgan fingerprint density at radius 1 is 1.38 bits per heavy atom. The molecular weight excluding hydrogens is 376 g/mol. The summed E-state index contributed by atoms with van der Waals surface area (Å²) in [5.41, 5.74) is 1.22. The van der Waals surface area contributed by atoms with Crippen molar-refractivity contribution in [3.05, 3.63) is 23.8 Å². The number of nitrogens with zero attached hydrogens (tertiary/aromatic N) is 1. The van der Waals surface area contributed by atoms with Crippen LogP contribution in [0.1, 0.15) is 26.3 Å². The minimum absolute atomic E-state index is 0.180. The quantitative estimate of drug-likeness (QED) is 0.570. The first-order chi connectivity index (χ1) is 12.2. The van der Waals surface area contributed by atoms with Gasteiger partial charge in [0.05, 0.1) is 17.3 Å². The number of nitrogens with one attached hydrogen (secondary N) is 1. The Balaban J connectivity index is 1.96. The first-order valence-electron chi connectivity index (χ1n) is 7.93. The lowest BCUT2D eigenvalue weighted by Crippen LogP contribution is -2.32.